The molecule has 94 valence electrons. The topological polar surface area (TPSA) is 58.6 Å². The summed E-state index contributed by atoms with van der Waals surface area (Å²) < 4.78 is 4.53. The van der Waals surface area contributed by atoms with Crippen LogP contribution in [0.1, 0.15) is 33.1 Å². The van der Waals surface area contributed by atoms with Gasteiger partial charge >= 0.3 is 5.97 Å². The zero-order valence-electron chi connectivity index (χ0n) is 10.5. The van der Waals surface area contributed by atoms with Crippen molar-refractivity contribution in [1.29, 1.82) is 0 Å². The van der Waals surface area contributed by atoms with Gasteiger partial charge in [0.25, 0.3) is 0 Å². The Morgan fingerprint density at radius 2 is 2.25 bits per heavy atom. The van der Waals surface area contributed by atoms with Gasteiger partial charge in [0, 0.05) is 6.54 Å². The van der Waals surface area contributed by atoms with E-state index in [4.69, 9.17) is 0 Å². The molecular weight excluding hydrogens is 206 g/mol. The number of aliphatic hydroxyl groups is 1. The van der Waals surface area contributed by atoms with E-state index in [2.05, 4.69) is 17.0 Å². The second-order valence-electron chi connectivity index (χ2n) is 5.18. The van der Waals surface area contributed by atoms with Crippen LogP contribution < -0.4 is 5.32 Å². The van der Waals surface area contributed by atoms with Gasteiger partial charge in [-0.1, -0.05) is 13.3 Å². The lowest BCUT2D eigenvalue weighted by Crippen LogP contribution is -2.46. The summed E-state index contributed by atoms with van der Waals surface area (Å²) in [4.78, 5) is 11.2. The molecule has 0 aromatic heterocycles. The zero-order chi connectivity index (χ0) is 12.2. The number of esters is 1. The molecule has 1 saturated carbocycles. The Morgan fingerprint density at radius 3 is 2.75 bits per heavy atom. The van der Waals surface area contributed by atoms with Crippen LogP contribution in [-0.4, -0.2) is 36.9 Å². The minimum Gasteiger partial charge on any atom is -0.467 e. The molecule has 0 spiro atoms. The van der Waals surface area contributed by atoms with Crippen molar-refractivity contribution in [2.75, 3.05) is 20.2 Å². The first-order valence-corrected chi connectivity index (χ1v) is 5.97. The Kier molecular flexibility index (Phi) is 4.74. The molecule has 0 heterocycles. The van der Waals surface area contributed by atoms with E-state index in [1.54, 1.807) is 0 Å². The highest BCUT2D eigenvalue weighted by Crippen LogP contribution is 2.29. The number of carbonyl (C=O) groups excluding carboxylic acids is 1. The van der Waals surface area contributed by atoms with E-state index in [0.717, 1.165) is 12.5 Å². The molecule has 1 aliphatic carbocycles. The number of ether oxygens (including phenoxy) is 1. The Bertz CT molecular complexity index is 240. The van der Waals surface area contributed by atoms with Crippen molar-refractivity contribution in [3.63, 3.8) is 0 Å². The van der Waals surface area contributed by atoms with Gasteiger partial charge in [-0.25, -0.2) is 4.79 Å². The van der Waals surface area contributed by atoms with Gasteiger partial charge in [-0.15, -0.1) is 0 Å². The van der Waals surface area contributed by atoms with E-state index in [9.17, 15) is 9.90 Å². The zero-order valence-corrected chi connectivity index (χ0v) is 10.5. The molecule has 16 heavy (non-hydrogen) atoms. The summed E-state index contributed by atoms with van der Waals surface area (Å²) in [5.74, 6) is 0.913. The van der Waals surface area contributed by atoms with Gasteiger partial charge in [0.05, 0.1) is 7.11 Å². The molecule has 0 saturated heterocycles. The normalized spacial score (nSPS) is 28.8. The smallest absolute Gasteiger partial charge is 0.338 e. The van der Waals surface area contributed by atoms with Gasteiger partial charge in [-0.2, -0.15) is 0 Å². The molecule has 0 aliphatic heterocycles. The third-order valence-corrected chi connectivity index (χ3v) is 3.33. The van der Waals surface area contributed by atoms with E-state index in [1.165, 1.54) is 33.3 Å². The van der Waals surface area contributed by atoms with Crippen molar-refractivity contribution >= 4 is 5.97 Å². The molecular formula is C12H23NO3. The second-order valence-corrected chi connectivity index (χ2v) is 5.18. The van der Waals surface area contributed by atoms with Crippen molar-refractivity contribution in [2.45, 2.75) is 38.7 Å². The molecule has 2 N–H and O–H groups in total. The highest BCUT2D eigenvalue weighted by molar-refractivity contribution is 5.78. The van der Waals surface area contributed by atoms with Crippen LogP contribution in [0, 0.1) is 11.8 Å². The first-order chi connectivity index (χ1) is 7.45. The van der Waals surface area contributed by atoms with Crippen LogP contribution in [0.5, 0.6) is 0 Å². The Labute approximate surface area is 97.4 Å². The molecule has 0 bridgehead atoms. The van der Waals surface area contributed by atoms with Crippen molar-refractivity contribution in [3.05, 3.63) is 0 Å². The molecule has 4 nitrogen and oxygen atoms in total. The van der Waals surface area contributed by atoms with Crippen molar-refractivity contribution < 1.29 is 14.6 Å². The number of nitrogens with one attached hydrogen (secondary N) is 1. The highest BCUT2D eigenvalue weighted by atomic mass is 16.5. The summed E-state index contributed by atoms with van der Waals surface area (Å²) in [6.07, 6.45) is 3.78. The average Bonchev–Trinajstić information content (AvgIpc) is 2.62. The number of hydrogen-bond acceptors (Lipinski definition) is 4. The quantitative estimate of drug-likeness (QED) is 0.689. The Morgan fingerprint density at radius 1 is 1.56 bits per heavy atom. The Hall–Kier alpha value is -0.610. The standard InChI is InChI=1S/C12H23NO3/c1-9-4-5-10(6-9)7-13-8-12(2,15)11(14)16-3/h9-10,13,15H,4-8H2,1-3H3. The maximum absolute atomic E-state index is 11.2. The predicted octanol–water partition coefficient (Wildman–Crippen LogP) is 0.936. The van der Waals surface area contributed by atoms with Gasteiger partial charge in [-0.05, 0) is 38.1 Å². The highest BCUT2D eigenvalue weighted by Gasteiger charge is 2.31. The van der Waals surface area contributed by atoms with Gasteiger partial charge in [0.2, 0.25) is 0 Å². The molecule has 4 heteroatoms. The van der Waals surface area contributed by atoms with E-state index in [1.807, 2.05) is 0 Å². The first-order valence-electron chi connectivity index (χ1n) is 5.97. The van der Waals surface area contributed by atoms with E-state index >= 15 is 0 Å². The second kappa shape index (κ2) is 5.64. The maximum Gasteiger partial charge on any atom is 0.338 e. The maximum atomic E-state index is 11.2. The number of rotatable bonds is 5. The Balaban J connectivity index is 2.22. The SMILES string of the molecule is COC(=O)C(C)(O)CNCC1CCC(C)C1. The summed E-state index contributed by atoms with van der Waals surface area (Å²) in [5, 5.41) is 12.9. The van der Waals surface area contributed by atoms with Gasteiger partial charge in [0.1, 0.15) is 0 Å². The lowest BCUT2D eigenvalue weighted by atomic mass is 10.0. The fourth-order valence-corrected chi connectivity index (χ4v) is 2.32. The molecule has 3 unspecified atom stereocenters. The summed E-state index contributed by atoms with van der Waals surface area (Å²) in [5.41, 5.74) is -1.42. The summed E-state index contributed by atoms with van der Waals surface area (Å²) in [6.45, 7) is 4.87. The van der Waals surface area contributed by atoms with Gasteiger partial charge < -0.3 is 15.2 Å². The fraction of sp³-hybridized carbons (Fsp3) is 0.917. The lowest BCUT2D eigenvalue weighted by molar-refractivity contribution is -0.159. The van der Waals surface area contributed by atoms with Crippen LogP contribution in [0.25, 0.3) is 0 Å². The third kappa shape index (κ3) is 3.76. The largest absolute Gasteiger partial charge is 0.467 e. The van der Waals surface area contributed by atoms with Gasteiger partial charge in [0.15, 0.2) is 5.60 Å². The average molecular weight is 229 g/mol. The molecule has 3 atom stereocenters. The molecule has 1 fully saturated rings. The predicted molar refractivity (Wildman–Crippen MR) is 62.0 cm³/mol. The minimum atomic E-state index is -1.42. The minimum absolute atomic E-state index is 0.255. The van der Waals surface area contributed by atoms with Gasteiger partial charge in [-0.3, -0.25) is 0 Å². The van der Waals surface area contributed by atoms with Crippen molar-refractivity contribution in [2.24, 2.45) is 11.8 Å². The van der Waals surface area contributed by atoms with Crippen LogP contribution >= 0.6 is 0 Å². The molecule has 1 rings (SSSR count). The molecule has 0 aromatic rings. The van der Waals surface area contributed by atoms with Crippen LogP contribution in [0.2, 0.25) is 0 Å². The van der Waals surface area contributed by atoms with Crippen LogP contribution in [0.4, 0.5) is 0 Å². The van der Waals surface area contributed by atoms with Crippen LogP contribution in [-0.2, 0) is 9.53 Å². The van der Waals surface area contributed by atoms with Crippen molar-refractivity contribution in [1.82, 2.24) is 5.32 Å². The van der Waals surface area contributed by atoms with E-state index in [0.29, 0.717) is 5.92 Å². The van der Waals surface area contributed by atoms with E-state index in [-0.39, 0.29) is 6.54 Å². The third-order valence-electron chi connectivity index (χ3n) is 3.33. The molecule has 0 radical (unpaired) electrons. The molecule has 1 aliphatic rings. The number of methoxy groups -OCH3 is 1. The monoisotopic (exact) mass is 229 g/mol. The lowest BCUT2D eigenvalue weighted by Gasteiger charge is -2.21. The number of carbonyl (C=O) groups is 1. The summed E-state index contributed by atoms with van der Waals surface area (Å²) >= 11 is 0. The number of hydrogen-bond donors (Lipinski definition) is 2. The molecule has 0 aromatic carbocycles. The molecule has 0 amide bonds. The van der Waals surface area contributed by atoms with Crippen LogP contribution in [0.3, 0.4) is 0 Å². The summed E-state index contributed by atoms with van der Waals surface area (Å²) in [6, 6.07) is 0. The van der Waals surface area contributed by atoms with Crippen LogP contribution in [0.15, 0.2) is 0 Å². The van der Waals surface area contributed by atoms with E-state index < -0.39 is 11.6 Å². The fourth-order valence-electron chi connectivity index (χ4n) is 2.32. The summed E-state index contributed by atoms with van der Waals surface area (Å²) in [7, 11) is 1.29. The first kappa shape index (κ1) is 13.5. The van der Waals surface area contributed by atoms with Crippen molar-refractivity contribution in [3.8, 4) is 0 Å².